The van der Waals surface area contributed by atoms with Crippen molar-refractivity contribution in [3.63, 3.8) is 0 Å². The summed E-state index contributed by atoms with van der Waals surface area (Å²) in [7, 11) is 0. The van der Waals surface area contributed by atoms with Gasteiger partial charge in [0.2, 0.25) is 17.7 Å². The zero-order chi connectivity index (χ0) is 21.3. The molecule has 0 aromatic heterocycles. The average Bonchev–Trinajstić information content (AvgIpc) is 3.05. The SMILES string of the molecule is Cc1ccc(NC(=O)C2CCN(C(=O)C3CC(=O)N(C(C)(C)C)C3)CC2)c(C)c1. The largest absolute Gasteiger partial charge is 0.342 e. The highest BCUT2D eigenvalue weighted by atomic mass is 16.2. The number of hydrogen-bond acceptors (Lipinski definition) is 3. The fourth-order valence-corrected chi connectivity index (χ4v) is 4.33. The number of aryl methyl sites for hydroxylation is 2. The lowest BCUT2D eigenvalue weighted by atomic mass is 9.94. The van der Waals surface area contributed by atoms with Crippen LogP contribution in [0.1, 0.15) is 51.2 Å². The quantitative estimate of drug-likeness (QED) is 0.849. The second kappa shape index (κ2) is 8.17. The van der Waals surface area contributed by atoms with Crippen LogP contribution >= 0.6 is 0 Å². The van der Waals surface area contributed by atoms with Crippen LogP contribution in [0.2, 0.25) is 0 Å². The molecule has 158 valence electrons. The summed E-state index contributed by atoms with van der Waals surface area (Å²) >= 11 is 0. The number of amides is 3. The number of nitrogens with one attached hydrogen (secondary N) is 1. The first-order chi connectivity index (χ1) is 13.6. The van der Waals surface area contributed by atoms with Crippen LogP contribution in [0.4, 0.5) is 5.69 Å². The minimum Gasteiger partial charge on any atom is -0.342 e. The Labute approximate surface area is 173 Å². The van der Waals surface area contributed by atoms with E-state index < -0.39 is 0 Å². The van der Waals surface area contributed by atoms with Gasteiger partial charge in [0.05, 0.1) is 5.92 Å². The molecule has 1 aromatic rings. The van der Waals surface area contributed by atoms with Gasteiger partial charge in [-0.1, -0.05) is 17.7 Å². The summed E-state index contributed by atoms with van der Waals surface area (Å²) in [6.45, 7) is 11.7. The van der Waals surface area contributed by atoms with Gasteiger partial charge in [0.15, 0.2) is 0 Å². The van der Waals surface area contributed by atoms with E-state index in [0.717, 1.165) is 11.3 Å². The van der Waals surface area contributed by atoms with Gasteiger partial charge in [-0.3, -0.25) is 14.4 Å². The first kappa shape index (κ1) is 21.3. The molecule has 0 bridgehead atoms. The lowest BCUT2D eigenvalue weighted by molar-refractivity contribution is -0.138. The molecule has 1 atom stereocenters. The number of carbonyl (C=O) groups is 3. The van der Waals surface area contributed by atoms with Crippen molar-refractivity contribution in [2.24, 2.45) is 11.8 Å². The van der Waals surface area contributed by atoms with Crippen LogP contribution in [0.25, 0.3) is 0 Å². The van der Waals surface area contributed by atoms with Crippen LogP contribution in [0.15, 0.2) is 18.2 Å². The maximum absolute atomic E-state index is 12.9. The predicted molar refractivity (Wildman–Crippen MR) is 113 cm³/mol. The van der Waals surface area contributed by atoms with Crippen molar-refractivity contribution in [2.75, 3.05) is 25.0 Å². The Bertz CT molecular complexity index is 804. The van der Waals surface area contributed by atoms with Crippen LogP contribution in [-0.2, 0) is 14.4 Å². The molecule has 0 radical (unpaired) electrons. The highest BCUT2D eigenvalue weighted by molar-refractivity contribution is 5.94. The molecular weight excluding hydrogens is 366 g/mol. The summed E-state index contributed by atoms with van der Waals surface area (Å²) in [4.78, 5) is 41.5. The number of hydrogen-bond donors (Lipinski definition) is 1. The Hall–Kier alpha value is -2.37. The third-order valence-electron chi connectivity index (χ3n) is 6.10. The second-order valence-electron chi connectivity index (χ2n) is 9.48. The lowest BCUT2D eigenvalue weighted by Crippen LogP contribution is -2.46. The van der Waals surface area contributed by atoms with E-state index in [1.807, 2.05) is 51.7 Å². The van der Waals surface area contributed by atoms with E-state index in [1.165, 1.54) is 5.56 Å². The van der Waals surface area contributed by atoms with Gasteiger partial charge >= 0.3 is 0 Å². The maximum Gasteiger partial charge on any atom is 0.227 e. The molecule has 6 heteroatoms. The van der Waals surface area contributed by atoms with Crippen molar-refractivity contribution in [3.05, 3.63) is 29.3 Å². The average molecular weight is 400 g/mol. The molecule has 29 heavy (non-hydrogen) atoms. The van der Waals surface area contributed by atoms with Gasteiger partial charge in [-0.2, -0.15) is 0 Å². The highest BCUT2D eigenvalue weighted by Crippen LogP contribution is 2.29. The standard InChI is InChI=1S/C23H33N3O3/c1-15-6-7-19(16(2)12-15)24-21(28)17-8-10-25(11-9-17)22(29)18-13-20(27)26(14-18)23(3,4)5/h6-7,12,17-18H,8-11,13-14H2,1-5H3,(H,24,28). The molecule has 2 aliphatic heterocycles. The fraction of sp³-hybridized carbons (Fsp3) is 0.609. The Balaban J connectivity index is 1.53. The molecule has 2 saturated heterocycles. The van der Waals surface area contributed by atoms with E-state index in [0.29, 0.717) is 38.9 Å². The number of likely N-dealkylation sites (tertiary alicyclic amines) is 2. The zero-order valence-corrected chi connectivity index (χ0v) is 18.2. The molecule has 2 heterocycles. The molecule has 2 fully saturated rings. The van der Waals surface area contributed by atoms with E-state index in [1.54, 1.807) is 4.90 Å². The lowest BCUT2D eigenvalue weighted by Gasteiger charge is -2.34. The molecule has 0 aliphatic carbocycles. The third kappa shape index (κ3) is 4.80. The Morgan fingerprint density at radius 1 is 1.07 bits per heavy atom. The summed E-state index contributed by atoms with van der Waals surface area (Å²) in [5, 5.41) is 3.04. The Morgan fingerprint density at radius 3 is 2.28 bits per heavy atom. The molecule has 3 amide bonds. The second-order valence-corrected chi connectivity index (χ2v) is 9.48. The number of rotatable bonds is 3. The van der Waals surface area contributed by atoms with Crippen molar-refractivity contribution in [1.29, 1.82) is 0 Å². The van der Waals surface area contributed by atoms with E-state index >= 15 is 0 Å². The summed E-state index contributed by atoms with van der Waals surface area (Å²) in [5.74, 6) is -0.214. The summed E-state index contributed by atoms with van der Waals surface area (Å²) in [6, 6.07) is 5.99. The van der Waals surface area contributed by atoms with Crippen LogP contribution < -0.4 is 5.32 Å². The molecule has 3 rings (SSSR count). The van der Waals surface area contributed by atoms with Crippen LogP contribution in [0.5, 0.6) is 0 Å². The Kier molecular flexibility index (Phi) is 6.01. The topological polar surface area (TPSA) is 69.7 Å². The predicted octanol–water partition coefficient (Wildman–Crippen LogP) is 3.13. The monoisotopic (exact) mass is 399 g/mol. The minimum absolute atomic E-state index is 0.0269. The number of benzene rings is 1. The molecule has 0 saturated carbocycles. The van der Waals surface area contributed by atoms with Gasteiger partial charge < -0.3 is 15.1 Å². The Morgan fingerprint density at radius 2 is 1.72 bits per heavy atom. The number of carbonyl (C=O) groups excluding carboxylic acids is 3. The summed E-state index contributed by atoms with van der Waals surface area (Å²) < 4.78 is 0. The van der Waals surface area contributed by atoms with Gasteiger partial charge in [0, 0.05) is 43.2 Å². The molecule has 1 unspecified atom stereocenters. The first-order valence-corrected chi connectivity index (χ1v) is 10.5. The molecule has 6 nitrogen and oxygen atoms in total. The normalized spacial score (nSPS) is 20.9. The van der Waals surface area contributed by atoms with Crippen molar-refractivity contribution in [1.82, 2.24) is 9.80 Å². The summed E-state index contributed by atoms with van der Waals surface area (Å²) in [5.41, 5.74) is 2.82. The third-order valence-corrected chi connectivity index (χ3v) is 6.10. The van der Waals surface area contributed by atoms with E-state index in [9.17, 15) is 14.4 Å². The molecule has 2 aliphatic rings. The van der Waals surface area contributed by atoms with Gasteiger partial charge in [0.1, 0.15) is 0 Å². The summed E-state index contributed by atoms with van der Waals surface area (Å²) in [6.07, 6.45) is 1.61. The molecule has 1 N–H and O–H groups in total. The van der Waals surface area contributed by atoms with Crippen molar-refractivity contribution in [2.45, 2.75) is 59.4 Å². The minimum atomic E-state index is -0.262. The molecule has 0 spiro atoms. The van der Waals surface area contributed by atoms with Crippen LogP contribution in [0.3, 0.4) is 0 Å². The van der Waals surface area contributed by atoms with Crippen molar-refractivity contribution < 1.29 is 14.4 Å². The van der Waals surface area contributed by atoms with Crippen molar-refractivity contribution in [3.8, 4) is 0 Å². The number of nitrogens with zero attached hydrogens (tertiary/aromatic N) is 2. The number of anilines is 1. The van der Waals surface area contributed by atoms with Crippen molar-refractivity contribution >= 4 is 23.4 Å². The van der Waals surface area contributed by atoms with E-state index in [4.69, 9.17) is 0 Å². The molecular formula is C23H33N3O3. The van der Waals surface area contributed by atoms with Crippen LogP contribution in [0, 0.1) is 25.7 Å². The fourth-order valence-electron chi connectivity index (χ4n) is 4.33. The van der Waals surface area contributed by atoms with Crippen LogP contribution in [-0.4, -0.2) is 52.7 Å². The van der Waals surface area contributed by atoms with E-state index in [2.05, 4.69) is 11.4 Å². The smallest absolute Gasteiger partial charge is 0.227 e. The van der Waals surface area contributed by atoms with E-state index in [-0.39, 0.29) is 35.1 Å². The first-order valence-electron chi connectivity index (χ1n) is 10.5. The maximum atomic E-state index is 12.9. The van der Waals surface area contributed by atoms with Gasteiger partial charge in [-0.15, -0.1) is 0 Å². The highest BCUT2D eigenvalue weighted by Gasteiger charge is 2.41. The zero-order valence-electron chi connectivity index (χ0n) is 18.2. The van der Waals surface area contributed by atoms with Gasteiger partial charge in [-0.25, -0.2) is 0 Å². The molecule has 1 aromatic carbocycles. The number of piperidine rings is 1. The van der Waals surface area contributed by atoms with Gasteiger partial charge in [0.25, 0.3) is 0 Å². The van der Waals surface area contributed by atoms with Gasteiger partial charge in [-0.05, 0) is 59.1 Å².